The molecule has 2 amide bonds. The fraction of sp³-hybridized carbons (Fsp3) is 0.647. The predicted molar refractivity (Wildman–Crippen MR) is 92.9 cm³/mol. The van der Waals surface area contributed by atoms with Gasteiger partial charge in [0.1, 0.15) is 18.8 Å². The minimum Gasteiger partial charge on any atom is -0.459 e. The summed E-state index contributed by atoms with van der Waals surface area (Å²) in [4.78, 5) is 37.1. The molecule has 0 bridgehead atoms. The number of amides is 2. The van der Waals surface area contributed by atoms with E-state index in [2.05, 4.69) is 23.3 Å². The second-order valence-corrected chi connectivity index (χ2v) is 6.84. The van der Waals surface area contributed by atoms with Crippen LogP contribution in [0.4, 0.5) is 4.79 Å². The smallest absolute Gasteiger partial charge is 0.407 e. The number of hydrogen-bond donors (Lipinski definition) is 2. The van der Waals surface area contributed by atoms with Crippen LogP contribution in [-0.4, -0.2) is 67.3 Å². The molecule has 0 spiro atoms. The number of nitrogens with one attached hydrogen (secondary N) is 2. The van der Waals surface area contributed by atoms with E-state index >= 15 is 0 Å². The van der Waals surface area contributed by atoms with Crippen molar-refractivity contribution in [1.29, 1.82) is 5.26 Å². The lowest BCUT2D eigenvalue weighted by Crippen LogP contribution is -2.54. The number of nitrogens with zero attached hydrogens (tertiary/aromatic N) is 2. The molecule has 1 unspecified atom stereocenters. The van der Waals surface area contributed by atoms with Gasteiger partial charge in [0.25, 0.3) is 5.91 Å². The molecule has 1 heterocycles. The van der Waals surface area contributed by atoms with Crippen LogP contribution in [0.2, 0.25) is 0 Å². The topological polar surface area (TPSA) is 121 Å². The number of rotatable bonds is 6. The number of nitriles is 1. The summed E-state index contributed by atoms with van der Waals surface area (Å²) in [5.74, 6) is -0.948. The van der Waals surface area contributed by atoms with Crippen molar-refractivity contribution >= 4 is 18.0 Å². The first kappa shape index (κ1) is 21.4. The fourth-order valence-electron chi connectivity index (χ4n) is 2.31. The summed E-state index contributed by atoms with van der Waals surface area (Å²) in [6, 6.07) is 1.82. The first-order valence-electron chi connectivity index (χ1n) is 8.33. The average molecular weight is 366 g/mol. The van der Waals surface area contributed by atoms with Crippen LogP contribution in [0, 0.1) is 11.3 Å². The van der Waals surface area contributed by atoms with E-state index in [1.807, 2.05) is 0 Å². The third-order valence-electron chi connectivity index (χ3n) is 3.42. The molecule has 1 rings (SSSR count). The fourth-order valence-corrected chi connectivity index (χ4v) is 2.31. The monoisotopic (exact) mass is 366 g/mol. The third-order valence-corrected chi connectivity index (χ3v) is 3.42. The Morgan fingerprint density at radius 1 is 1.38 bits per heavy atom. The molecule has 26 heavy (non-hydrogen) atoms. The summed E-state index contributed by atoms with van der Waals surface area (Å²) in [5, 5.41) is 14.2. The van der Waals surface area contributed by atoms with Gasteiger partial charge in [-0.3, -0.25) is 9.59 Å². The lowest BCUT2D eigenvalue weighted by atomic mass is 10.1. The van der Waals surface area contributed by atoms with Crippen LogP contribution in [0.3, 0.4) is 0 Å². The number of alkyl carbamates (subject to hydrolysis) is 1. The Morgan fingerprint density at radius 3 is 2.69 bits per heavy atom. The number of piperazine rings is 1. The highest BCUT2D eigenvalue weighted by atomic mass is 16.6. The van der Waals surface area contributed by atoms with Crippen molar-refractivity contribution < 1.29 is 23.9 Å². The van der Waals surface area contributed by atoms with Crippen LogP contribution in [0.25, 0.3) is 0 Å². The number of ether oxygens (including phenoxy) is 2. The van der Waals surface area contributed by atoms with Crippen molar-refractivity contribution in [3.63, 3.8) is 0 Å². The first-order valence-corrected chi connectivity index (χ1v) is 8.33. The van der Waals surface area contributed by atoms with Gasteiger partial charge < -0.3 is 25.0 Å². The normalized spacial score (nSPS) is 17.0. The van der Waals surface area contributed by atoms with Gasteiger partial charge >= 0.3 is 12.1 Å². The Labute approximate surface area is 153 Å². The molecule has 1 aliphatic heterocycles. The Morgan fingerprint density at radius 2 is 2.08 bits per heavy atom. The summed E-state index contributed by atoms with van der Waals surface area (Å²) in [6.07, 6.45) is -0.637. The summed E-state index contributed by atoms with van der Waals surface area (Å²) in [7, 11) is 0. The SMILES string of the molecule is C=C(COC(=O)NCC(=O)OC(C)(C)C)C(=O)N1CCNCC1CC#N. The molecule has 0 saturated carbocycles. The largest absolute Gasteiger partial charge is 0.459 e. The number of carbonyl (C=O) groups is 3. The Bertz CT molecular complexity index is 591. The number of carbonyl (C=O) groups excluding carboxylic acids is 3. The van der Waals surface area contributed by atoms with Gasteiger partial charge in [0.15, 0.2) is 0 Å². The molecule has 1 fully saturated rings. The summed E-state index contributed by atoms with van der Waals surface area (Å²) in [5.41, 5.74) is -0.547. The molecular weight excluding hydrogens is 340 g/mol. The maximum atomic E-state index is 12.4. The number of hydrogen-bond acceptors (Lipinski definition) is 7. The molecule has 0 aromatic carbocycles. The minimum atomic E-state index is -0.848. The predicted octanol–water partition coefficient (Wildman–Crippen LogP) is 0.325. The summed E-state index contributed by atoms with van der Waals surface area (Å²) in [6.45, 7) is 9.77. The lowest BCUT2D eigenvalue weighted by molar-refractivity contribution is -0.153. The second kappa shape index (κ2) is 9.77. The molecule has 9 nitrogen and oxygen atoms in total. The first-order chi connectivity index (χ1) is 12.1. The van der Waals surface area contributed by atoms with Crippen molar-refractivity contribution in [2.45, 2.75) is 38.8 Å². The Hall–Kier alpha value is -2.60. The molecular formula is C17H26N4O5. The second-order valence-electron chi connectivity index (χ2n) is 6.84. The van der Waals surface area contributed by atoms with Gasteiger partial charge in [-0.1, -0.05) is 6.58 Å². The highest BCUT2D eigenvalue weighted by Crippen LogP contribution is 2.11. The molecule has 0 aromatic heterocycles. The molecule has 0 radical (unpaired) electrons. The summed E-state index contributed by atoms with van der Waals surface area (Å²) < 4.78 is 9.95. The maximum Gasteiger partial charge on any atom is 0.407 e. The van der Waals surface area contributed by atoms with Crippen molar-refractivity contribution in [2.75, 3.05) is 32.8 Å². The molecule has 144 valence electrons. The van der Waals surface area contributed by atoms with Crippen LogP contribution in [0.15, 0.2) is 12.2 Å². The van der Waals surface area contributed by atoms with Gasteiger partial charge in [0, 0.05) is 25.2 Å². The van der Waals surface area contributed by atoms with Crippen molar-refractivity contribution in [3.05, 3.63) is 12.2 Å². The van der Waals surface area contributed by atoms with Crippen LogP contribution in [-0.2, 0) is 19.1 Å². The average Bonchev–Trinajstić information content (AvgIpc) is 2.56. The molecule has 1 aliphatic rings. The lowest BCUT2D eigenvalue weighted by Gasteiger charge is -2.35. The van der Waals surface area contributed by atoms with Crippen LogP contribution < -0.4 is 10.6 Å². The number of esters is 1. The molecule has 1 atom stereocenters. The van der Waals surface area contributed by atoms with E-state index < -0.39 is 17.7 Å². The van der Waals surface area contributed by atoms with E-state index in [1.54, 1.807) is 25.7 Å². The van der Waals surface area contributed by atoms with E-state index in [4.69, 9.17) is 14.7 Å². The van der Waals surface area contributed by atoms with Crippen molar-refractivity contribution in [3.8, 4) is 6.07 Å². The third kappa shape index (κ3) is 7.53. The van der Waals surface area contributed by atoms with Gasteiger partial charge in [-0.15, -0.1) is 0 Å². The van der Waals surface area contributed by atoms with Gasteiger partial charge in [0.2, 0.25) is 0 Å². The Balaban J connectivity index is 2.40. The molecule has 0 aromatic rings. The van der Waals surface area contributed by atoms with Crippen LogP contribution in [0.1, 0.15) is 27.2 Å². The minimum absolute atomic E-state index is 0.0993. The van der Waals surface area contributed by atoms with Gasteiger partial charge in [0.05, 0.1) is 18.5 Å². The van der Waals surface area contributed by atoms with E-state index in [9.17, 15) is 14.4 Å². The van der Waals surface area contributed by atoms with E-state index in [0.29, 0.717) is 19.6 Å². The van der Waals surface area contributed by atoms with Gasteiger partial charge in [-0.2, -0.15) is 5.26 Å². The zero-order chi connectivity index (χ0) is 19.7. The van der Waals surface area contributed by atoms with Crippen molar-refractivity contribution in [2.24, 2.45) is 0 Å². The van der Waals surface area contributed by atoms with E-state index in [1.165, 1.54) is 0 Å². The highest BCUT2D eigenvalue weighted by Gasteiger charge is 2.28. The molecule has 0 aliphatic carbocycles. The molecule has 1 saturated heterocycles. The van der Waals surface area contributed by atoms with Gasteiger partial charge in [-0.05, 0) is 20.8 Å². The van der Waals surface area contributed by atoms with E-state index in [-0.39, 0.29) is 37.1 Å². The zero-order valence-corrected chi connectivity index (χ0v) is 15.5. The zero-order valence-electron chi connectivity index (χ0n) is 15.5. The van der Waals surface area contributed by atoms with Crippen molar-refractivity contribution in [1.82, 2.24) is 15.5 Å². The van der Waals surface area contributed by atoms with Crippen LogP contribution >= 0.6 is 0 Å². The summed E-state index contributed by atoms with van der Waals surface area (Å²) >= 11 is 0. The highest BCUT2D eigenvalue weighted by molar-refractivity contribution is 5.93. The quantitative estimate of drug-likeness (QED) is 0.513. The Kier molecular flexibility index (Phi) is 8.06. The molecule has 2 N–H and O–H groups in total. The standard InChI is InChI=1S/C17H26N4O5/c1-12(15(23)21-8-7-19-9-13(21)5-6-18)11-25-16(24)20-10-14(22)26-17(2,3)4/h13,19H,1,5,7-11H2,2-4H3,(H,20,24). The molecule has 9 heteroatoms. The van der Waals surface area contributed by atoms with Gasteiger partial charge in [-0.25, -0.2) is 4.79 Å². The maximum absolute atomic E-state index is 12.4. The van der Waals surface area contributed by atoms with Crippen LogP contribution in [0.5, 0.6) is 0 Å². The van der Waals surface area contributed by atoms with E-state index in [0.717, 1.165) is 0 Å².